The third-order valence-electron chi connectivity index (χ3n) is 3.11. The molecule has 0 aliphatic rings. The number of hydrogen-bond acceptors (Lipinski definition) is 4. The summed E-state index contributed by atoms with van der Waals surface area (Å²) in [5, 5.41) is 3.27. The first kappa shape index (κ1) is 16.7. The van der Waals surface area contributed by atoms with Crippen molar-refractivity contribution in [1.82, 2.24) is 0 Å². The van der Waals surface area contributed by atoms with Crippen LogP contribution in [-0.2, 0) is 16.0 Å². The minimum absolute atomic E-state index is 0.212. The van der Waals surface area contributed by atoms with Gasteiger partial charge in [-0.1, -0.05) is 35.0 Å². The molecule has 0 fully saturated rings. The third-order valence-corrected chi connectivity index (χ3v) is 4.89. The summed E-state index contributed by atoms with van der Waals surface area (Å²) in [5.41, 5.74) is 2.17. The number of amides is 1. The summed E-state index contributed by atoms with van der Waals surface area (Å²) < 4.78 is 5.87. The molecule has 1 N–H and O–H groups in total. The van der Waals surface area contributed by atoms with Gasteiger partial charge in [-0.3, -0.25) is 4.79 Å². The molecule has 0 bridgehead atoms. The SMILES string of the molecule is CCc1sc(NC(C)=O)c(C(=O)OC)c1-c1ccc(Br)cc1. The zero-order valence-corrected chi connectivity index (χ0v) is 14.9. The number of carbonyl (C=O) groups excluding carboxylic acids is 2. The lowest BCUT2D eigenvalue weighted by Gasteiger charge is -2.08. The molecule has 0 unspecified atom stereocenters. The number of nitrogens with one attached hydrogen (secondary N) is 1. The van der Waals surface area contributed by atoms with Crippen LogP contribution in [0.25, 0.3) is 11.1 Å². The van der Waals surface area contributed by atoms with Crippen molar-refractivity contribution in [3.63, 3.8) is 0 Å². The molecule has 116 valence electrons. The van der Waals surface area contributed by atoms with Crippen LogP contribution >= 0.6 is 27.3 Å². The van der Waals surface area contributed by atoms with Gasteiger partial charge in [-0.25, -0.2) is 4.79 Å². The van der Waals surface area contributed by atoms with Gasteiger partial charge in [0, 0.05) is 21.8 Å². The van der Waals surface area contributed by atoms with Gasteiger partial charge >= 0.3 is 5.97 Å². The van der Waals surface area contributed by atoms with E-state index >= 15 is 0 Å². The largest absolute Gasteiger partial charge is 0.465 e. The zero-order chi connectivity index (χ0) is 16.3. The van der Waals surface area contributed by atoms with Crippen molar-refractivity contribution in [3.05, 3.63) is 39.2 Å². The first-order chi connectivity index (χ1) is 10.5. The highest BCUT2D eigenvalue weighted by Gasteiger charge is 2.25. The average Bonchev–Trinajstić information content (AvgIpc) is 2.84. The quantitative estimate of drug-likeness (QED) is 0.793. The molecule has 4 nitrogen and oxygen atoms in total. The van der Waals surface area contributed by atoms with Gasteiger partial charge in [-0.15, -0.1) is 11.3 Å². The summed E-state index contributed by atoms with van der Waals surface area (Å²) in [6, 6.07) is 7.72. The fourth-order valence-electron chi connectivity index (χ4n) is 2.19. The molecule has 6 heteroatoms. The van der Waals surface area contributed by atoms with Gasteiger partial charge in [0.2, 0.25) is 5.91 Å². The van der Waals surface area contributed by atoms with Gasteiger partial charge < -0.3 is 10.1 Å². The number of esters is 1. The van der Waals surface area contributed by atoms with E-state index in [9.17, 15) is 9.59 Å². The Balaban J connectivity index is 2.68. The number of ether oxygens (including phenoxy) is 1. The summed E-state index contributed by atoms with van der Waals surface area (Å²) in [4.78, 5) is 24.7. The smallest absolute Gasteiger partial charge is 0.341 e. The molecule has 1 aromatic heterocycles. The summed E-state index contributed by atoms with van der Waals surface area (Å²) in [6.07, 6.45) is 0.764. The maximum atomic E-state index is 12.2. The molecular weight excluding hydrogens is 366 g/mol. The highest BCUT2D eigenvalue weighted by atomic mass is 79.9. The van der Waals surface area contributed by atoms with Crippen molar-refractivity contribution in [2.45, 2.75) is 20.3 Å². The van der Waals surface area contributed by atoms with Gasteiger partial charge in [-0.2, -0.15) is 0 Å². The standard InChI is InChI=1S/C16H16BrNO3S/c1-4-12-13(10-5-7-11(17)8-6-10)14(16(20)21-3)15(22-12)18-9(2)19/h5-8H,4H2,1-3H3,(H,18,19). The summed E-state index contributed by atoms with van der Waals surface area (Å²) >= 11 is 4.82. The molecule has 0 saturated heterocycles. The van der Waals surface area contributed by atoms with Crippen LogP contribution in [0.4, 0.5) is 5.00 Å². The number of benzene rings is 1. The van der Waals surface area contributed by atoms with Crippen molar-refractivity contribution in [1.29, 1.82) is 0 Å². The molecule has 1 aromatic carbocycles. The van der Waals surface area contributed by atoms with Crippen LogP contribution in [0.5, 0.6) is 0 Å². The van der Waals surface area contributed by atoms with Crippen molar-refractivity contribution in [2.24, 2.45) is 0 Å². The molecule has 0 radical (unpaired) electrons. The minimum Gasteiger partial charge on any atom is -0.465 e. The average molecular weight is 382 g/mol. The molecule has 22 heavy (non-hydrogen) atoms. The van der Waals surface area contributed by atoms with Crippen LogP contribution in [0.1, 0.15) is 29.1 Å². The second-order valence-corrected chi connectivity index (χ2v) is 6.66. The Morgan fingerprint density at radius 2 is 1.91 bits per heavy atom. The summed E-state index contributed by atoms with van der Waals surface area (Å²) in [5.74, 6) is -0.658. The molecule has 1 amide bonds. The second kappa shape index (κ2) is 7.07. The van der Waals surface area contributed by atoms with Crippen LogP contribution in [0.3, 0.4) is 0 Å². The maximum absolute atomic E-state index is 12.2. The highest BCUT2D eigenvalue weighted by Crippen LogP contribution is 2.41. The Bertz CT molecular complexity index is 707. The number of methoxy groups -OCH3 is 1. The van der Waals surface area contributed by atoms with E-state index in [0.29, 0.717) is 10.6 Å². The van der Waals surface area contributed by atoms with E-state index in [1.165, 1.54) is 25.4 Å². The number of thiophene rings is 1. The van der Waals surface area contributed by atoms with Gasteiger partial charge in [-0.05, 0) is 24.1 Å². The van der Waals surface area contributed by atoms with E-state index in [4.69, 9.17) is 4.74 Å². The number of anilines is 1. The zero-order valence-electron chi connectivity index (χ0n) is 12.5. The Kier molecular flexibility index (Phi) is 5.37. The topological polar surface area (TPSA) is 55.4 Å². The maximum Gasteiger partial charge on any atom is 0.341 e. The number of aryl methyl sites for hydroxylation is 1. The van der Waals surface area contributed by atoms with E-state index in [1.54, 1.807) is 0 Å². The lowest BCUT2D eigenvalue weighted by molar-refractivity contribution is -0.114. The molecule has 2 rings (SSSR count). The predicted molar refractivity (Wildman–Crippen MR) is 92.5 cm³/mol. The number of hydrogen-bond donors (Lipinski definition) is 1. The van der Waals surface area contributed by atoms with Crippen molar-refractivity contribution in [2.75, 3.05) is 12.4 Å². The van der Waals surface area contributed by atoms with E-state index < -0.39 is 5.97 Å². The number of carbonyl (C=O) groups is 2. The monoisotopic (exact) mass is 381 g/mol. The van der Waals surface area contributed by atoms with Crippen molar-refractivity contribution >= 4 is 44.1 Å². The Morgan fingerprint density at radius 3 is 2.41 bits per heavy atom. The van der Waals surface area contributed by atoms with E-state index in [-0.39, 0.29) is 5.91 Å². The third kappa shape index (κ3) is 3.39. The molecule has 0 spiro atoms. The molecule has 0 atom stereocenters. The Hall–Kier alpha value is -1.66. The lowest BCUT2D eigenvalue weighted by atomic mass is 10.0. The normalized spacial score (nSPS) is 10.4. The Morgan fingerprint density at radius 1 is 1.27 bits per heavy atom. The molecule has 0 saturated carbocycles. The van der Waals surface area contributed by atoms with Crippen LogP contribution in [-0.4, -0.2) is 19.0 Å². The van der Waals surface area contributed by atoms with Crippen LogP contribution in [0.2, 0.25) is 0 Å². The fraction of sp³-hybridized carbons (Fsp3) is 0.250. The van der Waals surface area contributed by atoms with Gasteiger partial charge in [0.05, 0.1) is 7.11 Å². The predicted octanol–water partition coefficient (Wildman–Crippen LogP) is 4.49. The molecule has 2 aromatic rings. The lowest BCUT2D eigenvalue weighted by Crippen LogP contribution is -2.10. The second-order valence-electron chi connectivity index (χ2n) is 4.64. The molecule has 0 aliphatic carbocycles. The molecule has 0 aliphatic heterocycles. The highest BCUT2D eigenvalue weighted by molar-refractivity contribution is 9.10. The number of rotatable bonds is 4. The van der Waals surface area contributed by atoms with E-state index in [0.717, 1.165) is 26.9 Å². The summed E-state index contributed by atoms with van der Waals surface area (Å²) in [6.45, 7) is 3.44. The first-order valence-corrected chi connectivity index (χ1v) is 8.36. The summed E-state index contributed by atoms with van der Waals surface area (Å²) in [7, 11) is 1.34. The van der Waals surface area contributed by atoms with Crippen LogP contribution < -0.4 is 5.32 Å². The molecular formula is C16H16BrNO3S. The first-order valence-electron chi connectivity index (χ1n) is 6.75. The van der Waals surface area contributed by atoms with Gasteiger partial charge in [0.15, 0.2) is 0 Å². The molecule has 1 heterocycles. The van der Waals surface area contributed by atoms with Gasteiger partial charge in [0.25, 0.3) is 0 Å². The van der Waals surface area contributed by atoms with Crippen LogP contribution in [0.15, 0.2) is 28.7 Å². The van der Waals surface area contributed by atoms with E-state index in [1.807, 2.05) is 31.2 Å². The Labute approximate surface area is 141 Å². The van der Waals surface area contributed by atoms with Crippen LogP contribution in [0, 0.1) is 0 Å². The fourth-order valence-corrected chi connectivity index (χ4v) is 3.65. The van der Waals surface area contributed by atoms with E-state index in [2.05, 4.69) is 21.2 Å². The number of halogens is 1. The van der Waals surface area contributed by atoms with Crippen molar-refractivity contribution in [3.8, 4) is 11.1 Å². The van der Waals surface area contributed by atoms with Crippen molar-refractivity contribution < 1.29 is 14.3 Å². The minimum atomic E-state index is -0.447. The van der Waals surface area contributed by atoms with Gasteiger partial charge in [0.1, 0.15) is 10.6 Å².